The Bertz CT molecular complexity index is 729. The van der Waals surface area contributed by atoms with Gasteiger partial charge in [0.2, 0.25) is 5.78 Å². The highest BCUT2D eigenvalue weighted by atomic mass is 32.2. The molecule has 0 aliphatic heterocycles. The summed E-state index contributed by atoms with van der Waals surface area (Å²) in [5.41, 5.74) is 1.96. The van der Waals surface area contributed by atoms with Gasteiger partial charge < -0.3 is 0 Å². The van der Waals surface area contributed by atoms with Crippen LogP contribution in [-0.2, 0) is 0 Å². The summed E-state index contributed by atoms with van der Waals surface area (Å²) < 4.78 is 3.67. The molecule has 0 spiro atoms. The molecule has 0 amide bonds. The fourth-order valence-corrected chi connectivity index (χ4v) is 3.45. The molecule has 0 fully saturated rings. The van der Waals surface area contributed by atoms with Gasteiger partial charge in [-0.25, -0.2) is 4.98 Å². The molecular weight excluding hydrogens is 258 g/mol. The van der Waals surface area contributed by atoms with Crippen molar-refractivity contribution in [1.29, 1.82) is 0 Å². The molecule has 2 aromatic heterocycles. The minimum Gasteiger partial charge on any atom is -0.258 e. The molecule has 80 valence electrons. The van der Waals surface area contributed by atoms with Gasteiger partial charge in [0.25, 0.3) is 0 Å². The van der Waals surface area contributed by atoms with Gasteiger partial charge in [0, 0.05) is 0 Å². The summed E-state index contributed by atoms with van der Waals surface area (Å²) in [6.45, 7) is 0. The first-order valence-corrected chi connectivity index (χ1v) is 7.07. The van der Waals surface area contributed by atoms with E-state index in [1.807, 2.05) is 34.9 Å². The number of aromatic nitrogens is 3. The van der Waals surface area contributed by atoms with Gasteiger partial charge >= 0.3 is 0 Å². The monoisotopic (exact) mass is 265 g/mol. The van der Waals surface area contributed by atoms with Gasteiger partial charge in [-0.3, -0.25) is 4.40 Å². The van der Waals surface area contributed by atoms with E-state index in [0.717, 1.165) is 19.3 Å². The van der Waals surface area contributed by atoms with E-state index in [4.69, 9.17) is 12.2 Å². The highest BCUT2D eigenvalue weighted by Crippen LogP contribution is 2.23. The van der Waals surface area contributed by atoms with Crippen LogP contribution in [0.3, 0.4) is 0 Å². The Morgan fingerprint density at radius 3 is 2.94 bits per heavy atom. The van der Waals surface area contributed by atoms with Crippen LogP contribution in [0.5, 0.6) is 0 Å². The summed E-state index contributed by atoms with van der Waals surface area (Å²) >= 11 is 8.49. The third-order valence-corrected chi connectivity index (χ3v) is 4.51. The predicted molar refractivity (Wildman–Crippen MR) is 71.0 cm³/mol. The molecule has 0 aliphatic rings. The van der Waals surface area contributed by atoms with Gasteiger partial charge in [-0.15, -0.1) is 0 Å². The second-order valence-electron chi connectivity index (χ2n) is 3.19. The molecule has 6 heteroatoms. The Kier molecular flexibility index (Phi) is 2.42. The maximum absolute atomic E-state index is 5.38. The Labute approximate surface area is 105 Å². The van der Waals surface area contributed by atoms with Crippen molar-refractivity contribution in [3.8, 4) is 0 Å². The number of benzene rings is 1. The smallest absolute Gasteiger partial charge is 0.238 e. The maximum atomic E-state index is 5.38. The number of rotatable bonds is 1. The number of para-hydroxylation sites is 2. The van der Waals surface area contributed by atoms with Crippen LogP contribution in [-0.4, -0.2) is 20.6 Å². The molecule has 0 saturated heterocycles. The van der Waals surface area contributed by atoms with E-state index in [2.05, 4.69) is 9.97 Å². The van der Waals surface area contributed by atoms with Crippen molar-refractivity contribution >= 4 is 52.1 Å². The highest BCUT2D eigenvalue weighted by molar-refractivity contribution is 8.00. The predicted octanol–water partition coefficient (Wildman–Crippen LogP) is 3.40. The van der Waals surface area contributed by atoms with Crippen LogP contribution in [0, 0.1) is 3.95 Å². The SMILES string of the molecule is CSc1nc2nc3ccccc3n2c(=S)s1. The lowest BCUT2D eigenvalue weighted by molar-refractivity contribution is 1.11. The lowest BCUT2D eigenvalue weighted by atomic mass is 10.3. The second kappa shape index (κ2) is 3.80. The molecule has 16 heavy (non-hydrogen) atoms. The average Bonchev–Trinajstić information content (AvgIpc) is 2.67. The summed E-state index contributed by atoms with van der Waals surface area (Å²) in [4.78, 5) is 8.92. The topological polar surface area (TPSA) is 30.2 Å². The third-order valence-electron chi connectivity index (χ3n) is 2.27. The molecule has 0 unspecified atom stereocenters. The van der Waals surface area contributed by atoms with Crippen LogP contribution in [0.4, 0.5) is 0 Å². The lowest BCUT2D eigenvalue weighted by Crippen LogP contribution is -1.89. The van der Waals surface area contributed by atoms with Crippen molar-refractivity contribution < 1.29 is 0 Å². The standard InChI is InChI=1S/C10H7N3S3/c1-15-9-12-8-11-6-4-2-3-5-7(6)13(8)10(14)16-9/h2-5H,1H3. The zero-order valence-electron chi connectivity index (χ0n) is 8.38. The molecule has 3 aromatic rings. The molecule has 1 aromatic carbocycles. The molecule has 3 rings (SSSR count). The fraction of sp³-hybridized carbons (Fsp3) is 0.100. The van der Waals surface area contributed by atoms with Crippen molar-refractivity contribution in [2.75, 3.05) is 6.26 Å². The lowest BCUT2D eigenvalue weighted by Gasteiger charge is -1.96. The molecule has 0 saturated carbocycles. The number of hydrogen-bond acceptors (Lipinski definition) is 5. The van der Waals surface area contributed by atoms with Gasteiger partial charge in [0.1, 0.15) is 0 Å². The van der Waals surface area contributed by atoms with E-state index in [1.54, 1.807) is 11.8 Å². The van der Waals surface area contributed by atoms with Crippen LogP contribution < -0.4 is 0 Å². The normalized spacial score (nSPS) is 11.3. The quantitative estimate of drug-likeness (QED) is 0.498. The van der Waals surface area contributed by atoms with E-state index < -0.39 is 0 Å². The summed E-state index contributed by atoms with van der Waals surface area (Å²) in [5, 5.41) is 0. The van der Waals surface area contributed by atoms with Crippen molar-refractivity contribution in [1.82, 2.24) is 14.4 Å². The third kappa shape index (κ3) is 1.45. The molecule has 0 aliphatic carbocycles. The number of fused-ring (bicyclic) bond motifs is 3. The largest absolute Gasteiger partial charge is 0.258 e. The van der Waals surface area contributed by atoms with Gasteiger partial charge in [0.15, 0.2) is 8.29 Å². The van der Waals surface area contributed by atoms with Gasteiger partial charge in [-0.2, -0.15) is 4.98 Å². The first kappa shape index (κ1) is 10.2. The Morgan fingerprint density at radius 2 is 2.12 bits per heavy atom. The van der Waals surface area contributed by atoms with E-state index in [9.17, 15) is 0 Å². The fourth-order valence-electron chi connectivity index (χ4n) is 1.58. The van der Waals surface area contributed by atoms with E-state index in [1.165, 1.54) is 11.3 Å². The van der Waals surface area contributed by atoms with Crippen LogP contribution in [0.15, 0.2) is 28.6 Å². The molecule has 0 bridgehead atoms. The maximum Gasteiger partial charge on any atom is 0.238 e. The van der Waals surface area contributed by atoms with Crippen LogP contribution in [0.25, 0.3) is 16.8 Å². The molecule has 0 N–H and O–H groups in total. The van der Waals surface area contributed by atoms with Crippen molar-refractivity contribution in [3.63, 3.8) is 0 Å². The van der Waals surface area contributed by atoms with Gasteiger partial charge in [-0.1, -0.05) is 35.2 Å². The van der Waals surface area contributed by atoms with Crippen LogP contribution >= 0.6 is 35.3 Å². The first-order chi connectivity index (χ1) is 7.79. The molecule has 3 nitrogen and oxygen atoms in total. The molecule has 0 radical (unpaired) electrons. The van der Waals surface area contributed by atoms with E-state index in [0.29, 0.717) is 5.78 Å². The molecule has 0 atom stereocenters. The van der Waals surface area contributed by atoms with Crippen LogP contribution in [0.1, 0.15) is 0 Å². The van der Waals surface area contributed by atoms with Gasteiger partial charge in [0.05, 0.1) is 11.0 Å². The minimum atomic E-state index is 0.689. The highest BCUT2D eigenvalue weighted by Gasteiger charge is 2.07. The van der Waals surface area contributed by atoms with Gasteiger partial charge in [-0.05, 0) is 30.6 Å². The summed E-state index contributed by atoms with van der Waals surface area (Å²) in [6.07, 6.45) is 1.99. The van der Waals surface area contributed by atoms with Crippen molar-refractivity contribution in [3.05, 3.63) is 28.2 Å². The Morgan fingerprint density at radius 1 is 1.31 bits per heavy atom. The second-order valence-corrected chi connectivity index (χ2v) is 5.86. The number of nitrogens with zero attached hydrogens (tertiary/aromatic N) is 3. The Balaban J connectivity index is 2.55. The zero-order valence-corrected chi connectivity index (χ0v) is 10.8. The first-order valence-electron chi connectivity index (χ1n) is 4.62. The summed E-state index contributed by atoms with van der Waals surface area (Å²) in [5.74, 6) is 0.689. The minimum absolute atomic E-state index is 0.689. The zero-order chi connectivity index (χ0) is 11.1. The molecular formula is C10H7N3S3. The number of thioether (sulfide) groups is 1. The summed E-state index contributed by atoms with van der Waals surface area (Å²) in [7, 11) is 0. The number of imidazole rings is 1. The van der Waals surface area contributed by atoms with Crippen molar-refractivity contribution in [2.24, 2.45) is 0 Å². The molecule has 2 heterocycles. The Hall–Kier alpha value is -0.980. The average molecular weight is 265 g/mol. The van der Waals surface area contributed by atoms with E-state index in [-0.39, 0.29) is 0 Å². The number of hydrogen-bond donors (Lipinski definition) is 0. The summed E-state index contributed by atoms with van der Waals surface area (Å²) in [6, 6.07) is 7.94. The van der Waals surface area contributed by atoms with Crippen molar-refractivity contribution in [2.45, 2.75) is 4.34 Å². The van der Waals surface area contributed by atoms with E-state index >= 15 is 0 Å². The van der Waals surface area contributed by atoms with Crippen LogP contribution in [0.2, 0.25) is 0 Å².